The van der Waals surface area contributed by atoms with Gasteiger partial charge in [0.05, 0.1) is 12.2 Å². The maximum atomic E-state index is 11.5. The largest absolute Gasteiger partial charge is 0.459 e. The van der Waals surface area contributed by atoms with Crippen LogP contribution >= 0.6 is 0 Å². The maximum Gasteiger partial charge on any atom is 0.338 e. The van der Waals surface area contributed by atoms with Crippen LogP contribution in [-0.4, -0.2) is 49.6 Å². The molecule has 0 aliphatic rings. The number of esters is 1. The highest BCUT2D eigenvalue weighted by molar-refractivity contribution is 5.89. The molecule has 0 bridgehead atoms. The normalized spacial score (nSPS) is 12.0. The summed E-state index contributed by atoms with van der Waals surface area (Å²) in [6, 6.07) is 6.92. The number of aliphatic hydroxyl groups excluding tert-OH is 2. The van der Waals surface area contributed by atoms with Gasteiger partial charge in [0.1, 0.15) is 12.7 Å². The lowest BCUT2D eigenvalue weighted by molar-refractivity contribution is 0.00933. The highest BCUT2D eigenvalue weighted by atomic mass is 16.5. The molecule has 0 aromatic heterocycles. The molecule has 0 unspecified atom stereocenters. The molecule has 1 aromatic rings. The van der Waals surface area contributed by atoms with Crippen molar-refractivity contribution in [1.82, 2.24) is 0 Å². The SMILES string of the molecule is CN(C)c1ccc(C(=O)OC[C@H](O)CO)cc1. The molecule has 1 atom stereocenters. The zero-order valence-corrected chi connectivity index (χ0v) is 9.96. The second-order valence-electron chi connectivity index (χ2n) is 3.88. The number of hydrogen-bond acceptors (Lipinski definition) is 5. The van der Waals surface area contributed by atoms with Crippen LogP contribution in [0.3, 0.4) is 0 Å². The van der Waals surface area contributed by atoms with Gasteiger partial charge in [-0.1, -0.05) is 0 Å². The molecule has 0 saturated carbocycles. The number of carbonyl (C=O) groups excluding carboxylic acids is 1. The molecular formula is C12H17NO4. The van der Waals surface area contributed by atoms with Gasteiger partial charge in [-0.05, 0) is 24.3 Å². The second kappa shape index (κ2) is 6.22. The third-order valence-corrected chi connectivity index (χ3v) is 2.24. The molecule has 17 heavy (non-hydrogen) atoms. The number of rotatable bonds is 5. The summed E-state index contributed by atoms with van der Waals surface area (Å²) in [7, 11) is 3.82. The van der Waals surface area contributed by atoms with Crippen LogP contribution in [0.2, 0.25) is 0 Å². The van der Waals surface area contributed by atoms with Crippen molar-refractivity contribution >= 4 is 11.7 Å². The molecule has 0 saturated heterocycles. The smallest absolute Gasteiger partial charge is 0.338 e. The summed E-state index contributed by atoms with van der Waals surface area (Å²) >= 11 is 0. The van der Waals surface area contributed by atoms with Gasteiger partial charge in [0.15, 0.2) is 0 Å². The number of anilines is 1. The van der Waals surface area contributed by atoms with E-state index in [9.17, 15) is 4.79 Å². The fraction of sp³-hybridized carbons (Fsp3) is 0.417. The van der Waals surface area contributed by atoms with E-state index in [2.05, 4.69) is 0 Å². The van der Waals surface area contributed by atoms with E-state index in [4.69, 9.17) is 14.9 Å². The Labute approximate surface area is 100 Å². The van der Waals surface area contributed by atoms with Crippen LogP contribution in [0.25, 0.3) is 0 Å². The van der Waals surface area contributed by atoms with Crippen molar-refractivity contribution < 1.29 is 19.7 Å². The molecule has 94 valence electrons. The number of carbonyl (C=O) groups is 1. The average Bonchev–Trinajstić information content (AvgIpc) is 2.35. The Morgan fingerprint density at radius 3 is 2.41 bits per heavy atom. The molecule has 1 rings (SSSR count). The summed E-state index contributed by atoms with van der Waals surface area (Å²) in [5.41, 5.74) is 1.40. The molecule has 0 heterocycles. The van der Waals surface area contributed by atoms with Gasteiger partial charge in [-0.25, -0.2) is 4.79 Å². The number of hydrogen-bond donors (Lipinski definition) is 2. The Morgan fingerprint density at radius 1 is 1.35 bits per heavy atom. The van der Waals surface area contributed by atoms with E-state index in [-0.39, 0.29) is 6.61 Å². The van der Waals surface area contributed by atoms with Gasteiger partial charge in [0, 0.05) is 19.8 Å². The van der Waals surface area contributed by atoms with Crippen molar-refractivity contribution in [3.63, 3.8) is 0 Å². The number of benzene rings is 1. The van der Waals surface area contributed by atoms with E-state index < -0.39 is 18.7 Å². The summed E-state index contributed by atoms with van der Waals surface area (Å²) in [5.74, 6) is -0.511. The molecule has 0 fully saturated rings. The van der Waals surface area contributed by atoms with E-state index in [1.54, 1.807) is 24.3 Å². The van der Waals surface area contributed by atoms with E-state index in [0.29, 0.717) is 5.56 Å². The van der Waals surface area contributed by atoms with E-state index in [1.165, 1.54) is 0 Å². The van der Waals surface area contributed by atoms with Gasteiger partial charge in [0.2, 0.25) is 0 Å². The number of aliphatic hydroxyl groups is 2. The van der Waals surface area contributed by atoms with Crippen molar-refractivity contribution in [2.24, 2.45) is 0 Å². The molecule has 1 aromatic carbocycles. The van der Waals surface area contributed by atoms with Gasteiger partial charge < -0.3 is 19.8 Å². The van der Waals surface area contributed by atoms with Crippen LogP contribution in [0.4, 0.5) is 5.69 Å². The van der Waals surface area contributed by atoms with Crippen LogP contribution in [0, 0.1) is 0 Å². The lowest BCUT2D eigenvalue weighted by Gasteiger charge is -2.13. The second-order valence-corrected chi connectivity index (χ2v) is 3.88. The molecule has 0 spiro atoms. The maximum absolute atomic E-state index is 11.5. The van der Waals surface area contributed by atoms with Crippen LogP contribution < -0.4 is 4.90 Å². The predicted molar refractivity (Wildman–Crippen MR) is 64.1 cm³/mol. The quantitative estimate of drug-likeness (QED) is 0.721. The summed E-state index contributed by atoms with van der Waals surface area (Å²) in [6.45, 7) is -0.627. The van der Waals surface area contributed by atoms with Crippen LogP contribution in [0.15, 0.2) is 24.3 Å². The van der Waals surface area contributed by atoms with Crippen LogP contribution in [0.5, 0.6) is 0 Å². The minimum absolute atomic E-state index is 0.204. The Balaban J connectivity index is 2.58. The van der Waals surface area contributed by atoms with Crippen molar-refractivity contribution in [1.29, 1.82) is 0 Å². The highest BCUT2D eigenvalue weighted by Gasteiger charge is 2.10. The lowest BCUT2D eigenvalue weighted by Crippen LogP contribution is -2.22. The average molecular weight is 239 g/mol. The molecule has 0 aliphatic heterocycles. The van der Waals surface area contributed by atoms with Crippen molar-refractivity contribution in [3.05, 3.63) is 29.8 Å². The Kier molecular flexibility index (Phi) is 4.93. The summed E-state index contributed by atoms with van der Waals surface area (Å²) < 4.78 is 4.82. The minimum Gasteiger partial charge on any atom is -0.459 e. The Bertz CT molecular complexity index is 361. The van der Waals surface area contributed by atoms with Crippen molar-refractivity contribution in [3.8, 4) is 0 Å². The summed E-state index contributed by atoms with van der Waals surface area (Å²) in [6.07, 6.45) is -1.03. The first kappa shape index (κ1) is 13.5. The summed E-state index contributed by atoms with van der Waals surface area (Å²) in [5, 5.41) is 17.6. The number of nitrogens with zero attached hydrogens (tertiary/aromatic N) is 1. The fourth-order valence-electron chi connectivity index (χ4n) is 1.20. The van der Waals surface area contributed by atoms with Crippen molar-refractivity contribution in [2.75, 3.05) is 32.2 Å². The molecular weight excluding hydrogens is 222 g/mol. The first-order chi connectivity index (χ1) is 8.04. The monoisotopic (exact) mass is 239 g/mol. The highest BCUT2D eigenvalue weighted by Crippen LogP contribution is 2.12. The third-order valence-electron chi connectivity index (χ3n) is 2.24. The summed E-state index contributed by atoms with van der Waals surface area (Å²) in [4.78, 5) is 13.4. The standard InChI is InChI=1S/C12H17NO4/c1-13(2)10-5-3-9(4-6-10)12(16)17-8-11(15)7-14/h3-6,11,14-15H,7-8H2,1-2H3/t11-/m1/s1. The predicted octanol–water partition coefficient (Wildman–Crippen LogP) is 0.263. The van der Waals surface area contributed by atoms with E-state index >= 15 is 0 Å². The zero-order valence-electron chi connectivity index (χ0n) is 9.96. The topological polar surface area (TPSA) is 70.0 Å². The fourth-order valence-corrected chi connectivity index (χ4v) is 1.20. The van der Waals surface area contributed by atoms with E-state index in [0.717, 1.165) is 5.69 Å². The van der Waals surface area contributed by atoms with Crippen LogP contribution in [0.1, 0.15) is 10.4 Å². The van der Waals surface area contributed by atoms with Gasteiger partial charge in [0.25, 0.3) is 0 Å². The van der Waals surface area contributed by atoms with E-state index in [1.807, 2.05) is 19.0 Å². The molecule has 0 aliphatic carbocycles. The molecule has 0 radical (unpaired) electrons. The molecule has 5 nitrogen and oxygen atoms in total. The van der Waals surface area contributed by atoms with Gasteiger partial charge in [-0.2, -0.15) is 0 Å². The molecule has 0 amide bonds. The Morgan fingerprint density at radius 2 is 1.94 bits per heavy atom. The molecule has 5 heteroatoms. The third kappa shape index (κ3) is 4.05. The lowest BCUT2D eigenvalue weighted by atomic mass is 10.2. The van der Waals surface area contributed by atoms with Gasteiger partial charge in [-0.15, -0.1) is 0 Å². The Hall–Kier alpha value is -1.59. The number of ether oxygens (including phenoxy) is 1. The van der Waals surface area contributed by atoms with Gasteiger partial charge >= 0.3 is 5.97 Å². The molecule has 2 N–H and O–H groups in total. The van der Waals surface area contributed by atoms with Gasteiger partial charge in [-0.3, -0.25) is 0 Å². The first-order valence-electron chi connectivity index (χ1n) is 5.28. The first-order valence-corrected chi connectivity index (χ1v) is 5.28. The minimum atomic E-state index is -1.03. The zero-order chi connectivity index (χ0) is 12.8. The van der Waals surface area contributed by atoms with Crippen LogP contribution in [-0.2, 0) is 4.74 Å². The van der Waals surface area contributed by atoms with Crippen molar-refractivity contribution in [2.45, 2.75) is 6.10 Å².